The Labute approximate surface area is 145 Å². The number of rotatable bonds is 9. The van der Waals surface area contributed by atoms with Gasteiger partial charge in [0.15, 0.2) is 0 Å². The van der Waals surface area contributed by atoms with E-state index in [1.54, 1.807) is 44.2 Å². The first-order chi connectivity index (χ1) is 11.5. The lowest BCUT2D eigenvalue weighted by atomic mass is 10.1. The van der Waals surface area contributed by atoms with Crippen molar-refractivity contribution in [1.29, 1.82) is 0 Å². The highest BCUT2D eigenvalue weighted by Crippen LogP contribution is 2.48. The number of hydrogen-bond donors (Lipinski definition) is 1. The summed E-state index contributed by atoms with van der Waals surface area (Å²) < 4.78 is 34.5. The summed E-state index contributed by atoms with van der Waals surface area (Å²) in [6.45, 7) is 3.94. The third-order valence-corrected chi connectivity index (χ3v) is 5.23. The molecule has 0 aliphatic carbocycles. The molecule has 0 bridgehead atoms. The van der Waals surface area contributed by atoms with Gasteiger partial charge < -0.3 is 23.3 Å². The maximum Gasteiger partial charge on any atom is 0.396 e. The van der Waals surface area contributed by atoms with Crippen molar-refractivity contribution in [2.24, 2.45) is 0 Å². The molecule has 0 amide bonds. The molecular formula is C16H20ClO6P. The Morgan fingerprint density at radius 3 is 2.50 bits per heavy atom. The molecule has 0 aliphatic rings. The quantitative estimate of drug-likeness (QED) is 0.671. The maximum absolute atomic E-state index is 12.8. The average Bonchev–Trinajstić information content (AvgIpc) is 3.05. The van der Waals surface area contributed by atoms with Gasteiger partial charge in [-0.3, -0.25) is 4.57 Å². The highest BCUT2D eigenvalue weighted by molar-refractivity contribution is 7.61. The van der Waals surface area contributed by atoms with Gasteiger partial charge in [0.05, 0.1) is 25.4 Å². The highest BCUT2D eigenvalue weighted by Gasteiger charge is 2.31. The zero-order valence-corrected chi connectivity index (χ0v) is 15.2. The van der Waals surface area contributed by atoms with Gasteiger partial charge in [-0.05, 0) is 44.2 Å². The van der Waals surface area contributed by atoms with E-state index in [4.69, 9.17) is 34.9 Å². The summed E-state index contributed by atoms with van der Waals surface area (Å²) in [5, 5.41) is 9.43. The molecule has 0 atom stereocenters. The first kappa shape index (κ1) is 19.0. The molecule has 0 aliphatic heterocycles. The standard InChI is InChI=1S/C16H20ClO6P/c1-3-21-24(19,22-4-2)16-8-7-15(23-16)13-11-12(17)5-6-14(13)20-10-9-18/h5-8,11,18H,3-4,9-10H2,1-2H3. The Morgan fingerprint density at radius 1 is 1.17 bits per heavy atom. The van der Waals surface area contributed by atoms with Gasteiger partial charge in [-0.2, -0.15) is 0 Å². The van der Waals surface area contributed by atoms with Gasteiger partial charge in [0, 0.05) is 5.02 Å². The minimum atomic E-state index is -3.50. The number of hydrogen-bond acceptors (Lipinski definition) is 6. The van der Waals surface area contributed by atoms with Crippen molar-refractivity contribution in [2.45, 2.75) is 13.8 Å². The van der Waals surface area contributed by atoms with Gasteiger partial charge in [-0.1, -0.05) is 11.6 Å². The highest BCUT2D eigenvalue weighted by atomic mass is 35.5. The molecule has 6 nitrogen and oxygen atoms in total. The van der Waals surface area contributed by atoms with Crippen LogP contribution in [0.25, 0.3) is 11.3 Å². The van der Waals surface area contributed by atoms with E-state index < -0.39 is 7.60 Å². The minimum Gasteiger partial charge on any atom is -0.490 e. The predicted molar refractivity (Wildman–Crippen MR) is 92.2 cm³/mol. The molecule has 132 valence electrons. The first-order valence-corrected chi connectivity index (χ1v) is 9.49. The monoisotopic (exact) mass is 374 g/mol. The second-order valence-electron chi connectivity index (χ2n) is 4.68. The summed E-state index contributed by atoms with van der Waals surface area (Å²) in [7, 11) is -3.50. The van der Waals surface area contributed by atoms with E-state index in [0.717, 1.165) is 0 Å². The van der Waals surface area contributed by atoms with Gasteiger partial charge in [0.1, 0.15) is 18.1 Å². The molecule has 1 heterocycles. The van der Waals surface area contributed by atoms with Crippen LogP contribution in [0.1, 0.15) is 13.8 Å². The first-order valence-electron chi connectivity index (χ1n) is 7.57. The smallest absolute Gasteiger partial charge is 0.396 e. The Kier molecular flexibility index (Phi) is 6.90. The number of aliphatic hydroxyl groups excluding tert-OH is 1. The van der Waals surface area contributed by atoms with Crippen LogP contribution < -0.4 is 10.2 Å². The fourth-order valence-electron chi connectivity index (χ4n) is 2.10. The molecule has 24 heavy (non-hydrogen) atoms. The van der Waals surface area contributed by atoms with Crippen molar-refractivity contribution in [3.63, 3.8) is 0 Å². The zero-order valence-electron chi connectivity index (χ0n) is 13.5. The topological polar surface area (TPSA) is 78.1 Å². The largest absolute Gasteiger partial charge is 0.490 e. The molecule has 0 saturated heterocycles. The van der Waals surface area contributed by atoms with Gasteiger partial charge in [-0.15, -0.1) is 0 Å². The van der Waals surface area contributed by atoms with Gasteiger partial charge in [0.2, 0.25) is 5.50 Å². The number of aliphatic hydroxyl groups is 1. The molecule has 0 radical (unpaired) electrons. The van der Waals surface area contributed by atoms with E-state index in [2.05, 4.69) is 0 Å². The molecule has 0 unspecified atom stereocenters. The molecule has 0 saturated carbocycles. The van der Waals surface area contributed by atoms with Crippen LogP contribution in [0.3, 0.4) is 0 Å². The van der Waals surface area contributed by atoms with Crippen molar-refractivity contribution in [3.8, 4) is 17.1 Å². The van der Waals surface area contributed by atoms with Crippen LogP contribution in [0.2, 0.25) is 5.02 Å². The molecule has 2 rings (SSSR count). The van der Waals surface area contributed by atoms with Crippen LogP contribution in [-0.4, -0.2) is 31.5 Å². The van der Waals surface area contributed by atoms with Crippen LogP contribution in [0.15, 0.2) is 34.7 Å². The van der Waals surface area contributed by atoms with Crippen molar-refractivity contribution < 1.29 is 27.9 Å². The number of benzene rings is 1. The van der Waals surface area contributed by atoms with Crippen LogP contribution in [0.5, 0.6) is 5.75 Å². The summed E-state index contributed by atoms with van der Waals surface area (Å²) in [4.78, 5) is 0. The van der Waals surface area contributed by atoms with Crippen LogP contribution in [0, 0.1) is 0 Å². The lowest BCUT2D eigenvalue weighted by Gasteiger charge is -2.14. The molecular weight excluding hydrogens is 355 g/mol. The predicted octanol–water partition coefficient (Wildman–Crippen LogP) is 3.86. The average molecular weight is 375 g/mol. The second-order valence-corrected chi connectivity index (χ2v) is 7.07. The molecule has 2 aromatic rings. The molecule has 0 spiro atoms. The lowest BCUT2D eigenvalue weighted by Crippen LogP contribution is -2.08. The lowest BCUT2D eigenvalue weighted by molar-refractivity contribution is 0.201. The molecule has 1 N–H and O–H groups in total. The minimum absolute atomic E-state index is 0.116. The van der Waals surface area contributed by atoms with E-state index in [0.29, 0.717) is 22.1 Å². The molecule has 1 aromatic heterocycles. The number of ether oxygens (including phenoxy) is 1. The van der Waals surface area contributed by atoms with E-state index >= 15 is 0 Å². The fourth-order valence-corrected chi connectivity index (χ4v) is 3.75. The van der Waals surface area contributed by atoms with Gasteiger partial charge >= 0.3 is 7.60 Å². The number of furan rings is 1. The van der Waals surface area contributed by atoms with Gasteiger partial charge in [0.25, 0.3) is 0 Å². The SMILES string of the molecule is CCOP(=O)(OCC)c1ccc(-c2cc(Cl)ccc2OCCO)o1. The Balaban J connectivity index is 2.39. The van der Waals surface area contributed by atoms with Crippen molar-refractivity contribution in [2.75, 3.05) is 26.4 Å². The summed E-state index contributed by atoms with van der Waals surface area (Å²) in [5.41, 5.74) is 0.705. The fraction of sp³-hybridized carbons (Fsp3) is 0.375. The second kappa shape index (κ2) is 8.70. The maximum atomic E-state index is 12.8. The van der Waals surface area contributed by atoms with Crippen molar-refractivity contribution in [3.05, 3.63) is 35.4 Å². The molecule has 8 heteroatoms. The van der Waals surface area contributed by atoms with Gasteiger partial charge in [-0.25, -0.2) is 0 Å². The van der Waals surface area contributed by atoms with Crippen molar-refractivity contribution in [1.82, 2.24) is 0 Å². The summed E-state index contributed by atoms with van der Waals surface area (Å²) in [5.74, 6) is 0.914. The molecule has 0 fully saturated rings. The van der Waals surface area contributed by atoms with Crippen LogP contribution in [0.4, 0.5) is 0 Å². The third kappa shape index (κ3) is 4.41. The Bertz CT molecular complexity index is 704. The van der Waals surface area contributed by atoms with Crippen LogP contribution >= 0.6 is 19.2 Å². The van der Waals surface area contributed by atoms with E-state index in [1.165, 1.54) is 0 Å². The summed E-state index contributed by atoms with van der Waals surface area (Å²) in [6.07, 6.45) is 0. The number of halogens is 1. The Hall–Kier alpha value is -1.30. The van der Waals surface area contributed by atoms with E-state index in [-0.39, 0.29) is 31.9 Å². The van der Waals surface area contributed by atoms with Crippen LogP contribution in [-0.2, 0) is 13.6 Å². The normalized spacial score (nSPS) is 11.7. The van der Waals surface area contributed by atoms with Crippen molar-refractivity contribution >= 4 is 24.7 Å². The van der Waals surface area contributed by atoms with E-state index in [1.807, 2.05) is 0 Å². The van der Waals surface area contributed by atoms with E-state index in [9.17, 15) is 4.57 Å². The summed E-state index contributed by atoms with van der Waals surface area (Å²) in [6, 6.07) is 8.23. The molecule has 1 aromatic carbocycles. The summed E-state index contributed by atoms with van der Waals surface area (Å²) >= 11 is 6.05. The third-order valence-electron chi connectivity index (χ3n) is 3.02. The Morgan fingerprint density at radius 2 is 1.88 bits per heavy atom. The zero-order chi connectivity index (χ0) is 17.6.